The highest BCUT2D eigenvalue weighted by Gasteiger charge is 2.76. The maximum Gasteiger partial charge on any atom is 0.229 e. The van der Waals surface area contributed by atoms with E-state index in [-0.39, 0.29) is 45.2 Å². The molecule has 0 N–H and O–H groups in total. The molecule has 5 aliphatic heterocycles. The van der Waals surface area contributed by atoms with Gasteiger partial charge in [-0.1, -0.05) is 24.3 Å². The van der Waals surface area contributed by atoms with Crippen LogP contribution in [0.4, 0.5) is 5.69 Å². The molecule has 5 heterocycles. The van der Waals surface area contributed by atoms with Crippen molar-refractivity contribution < 1.29 is 26.4 Å². The third-order valence-electron chi connectivity index (χ3n) is 8.74. The second kappa shape index (κ2) is 5.50. The molecule has 1 unspecified atom stereocenters. The number of benzene rings is 1. The van der Waals surface area contributed by atoms with Crippen LogP contribution in [0.3, 0.4) is 0 Å². The van der Waals surface area contributed by atoms with Crippen molar-refractivity contribution in [3.63, 3.8) is 0 Å². The Morgan fingerprint density at radius 1 is 1.30 bits per heavy atom. The average molecular weight is 447 g/mol. The van der Waals surface area contributed by atoms with E-state index in [4.69, 9.17) is 4.74 Å². The fourth-order valence-corrected chi connectivity index (χ4v) is 11.0. The van der Waals surface area contributed by atoms with Gasteiger partial charge in [0.05, 0.1) is 37.1 Å². The molecule has 7 nitrogen and oxygen atoms in total. The van der Waals surface area contributed by atoms with Gasteiger partial charge in [-0.05, 0) is 23.1 Å². The molecule has 1 amide bonds. The van der Waals surface area contributed by atoms with Crippen molar-refractivity contribution in [2.45, 2.75) is 42.9 Å². The Kier molecular flexibility index (Phi) is 3.34. The third-order valence-corrected chi connectivity index (χ3v) is 11.2. The Morgan fingerprint density at radius 3 is 2.97 bits per heavy atom. The van der Waals surface area contributed by atoms with Gasteiger partial charge in [-0.15, -0.1) is 0 Å². The number of para-hydroxylation sites is 1. The van der Waals surface area contributed by atoms with Crippen LogP contribution in [0.1, 0.15) is 24.8 Å². The quantitative estimate of drug-likeness (QED) is 0.226. The maximum absolute atomic E-state index is 13.3. The van der Waals surface area contributed by atoms with Crippen LogP contribution >= 0.6 is 11.0 Å². The number of amides is 1. The highest BCUT2D eigenvalue weighted by molar-refractivity contribution is 8.67. The number of piperidine rings is 2. The molecule has 1 aromatic carbocycles. The lowest BCUT2D eigenvalue weighted by Gasteiger charge is -2.59. The predicted molar refractivity (Wildman–Crippen MR) is 109 cm³/mol. The maximum atomic E-state index is 13.3. The normalized spacial score (nSPS) is 45.1. The van der Waals surface area contributed by atoms with Crippen LogP contribution < -0.4 is 4.90 Å². The second-order valence-electron chi connectivity index (χ2n) is 9.62. The number of nitrogens with zero attached hydrogens (tertiary/aromatic N) is 2. The monoisotopic (exact) mass is 446 g/mol. The van der Waals surface area contributed by atoms with E-state index >= 15 is 0 Å². The summed E-state index contributed by atoms with van der Waals surface area (Å²) in [6.45, 7) is 1.66. The van der Waals surface area contributed by atoms with Gasteiger partial charge in [0, 0.05) is 24.4 Å². The molecule has 1 aromatic rings. The molecule has 9 heteroatoms. The van der Waals surface area contributed by atoms with E-state index in [2.05, 4.69) is 12.1 Å². The molecule has 30 heavy (non-hydrogen) atoms. The molecule has 1 aliphatic carbocycles. The zero-order chi connectivity index (χ0) is 20.5. The number of anilines is 1. The van der Waals surface area contributed by atoms with Crippen LogP contribution in [-0.2, 0) is 24.1 Å². The molecular weight excluding hydrogens is 424 g/mol. The summed E-state index contributed by atoms with van der Waals surface area (Å²) < 4.78 is 42.4. The predicted octanol–water partition coefficient (Wildman–Crippen LogP) is 1.72. The lowest BCUT2D eigenvalue weighted by atomic mass is 9.53. The molecular formula is C21H22N2O5S2. The first-order chi connectivity index (χ1) is 14.3. The van der Waals surface area contributed by atoms with E-state index in [1.165, 1.54) is 5.57 Å². The van der Waals surface area contributed by atoms with Gasteiger partial charge in [0.1, 0.15) is 12.6 Å². The van der Waals surface area contributed by atoms with E-state index in [1.54, 1.807) is 0 Å². The third kappa shape index (κ3) is 1.99. The lowest BCUT2D eigenvalue weighted by Crippen LogP contribution is -2.71. The van der Waals surface area contributed by atoms with Crippen LogP contribution in [0.2, 0.25) is 0 Å². The average Bonchev–Trinajstić information content (AvgIpc) is 3.11. The topological polar surface area (TPSA) is 86.7 Å². The number of hydrogen-bond donors (Lipinski definition) is 0. The smallest absolute Gasteiger partial charge is 0.229 e. The van der Waals surface area contributed by atoms with Gasteiger partial charge in [-0.3, -0.25) is 4.79 Å². The molecule has 158 valence electrons. The van der Waals surface area contributed by atoms with Crippen molar-refractivity contribution in [2.75, 3.05) is 24.6 Å². The van der Waals surface area contributed by atoms with E-state index in [0.717, 1.165) is 24.1 Å². The van der Waals surface area contributed by atoms with Crippen molar-refractivity contribution in [3.8, 4) is 0 Å². The molecule has 6 aliphatic rings. The number of carbonyl (C=O) groups is 1. The summed E-state index contributed by atoms with van der Waals surface area (Å²) in [5.41, 5.74) is 3.04. The SMILES string of the molecule is O=C1C[C@@H]2OCC=C3C[N+]4(SS(=O)(=O)[O-])CC[C@]56c7ccccc7N1[C@H]5[C@H]2[C@H]3C[C@@H]64. The summed E-state index contributed by atoms with van der Waals surface area (Å²) in [4.78, 5) is 15.4. The number of carbonyl (C=O) groups excluding carboxylic acids is 1. The molecule has 7 atom stereocenters. The minimum absolute atomic E-state index is 0.00502. The van der Waals surface area contributed by atoms with Gasteiger partial charge in [-0.2, -0.15) is 0 Å². The Hall–Kier alpha value is -1.39. The standard InChI is InChI=1S/C21H22N2O5S2/c24-18-10-16-19-13-9-17-21(14-3-1-2-4-15(14)22(18)20(19)21)6-7-23(17,29-30(25,26)27)11-12(13)5-8-28-16/h1-5,13,16-17,19-20H,6-11H2/t13-,16-,17-,19-,20-,21+,23?/m0/s1. The summed E-state index contributed by atoms with van der Waals surface area (Å²) in [6.07, 6.45) is 4.04. The van der Waals surface area contributed by atoms with Gasteiger partial charge < -0.3 is 14.2 Å². The van der Waals surface area contributed by atoms with Crippen LogP contribution in [0.15, 0.2) is 35.9 Å². The zero-order valence-corrected chi connectivity index (χ0v) is 17.9. The van der Waals surface area contributed by atoms with Gasteiger partial charge in [-0.25, -0.2) is 12.3 Å². The zero-order valence-electron chi connectivity index (χ0n) is 16.3. The van der Waals surface area contributed by atoms with Crippen molar-refractivity contribution in [1.82, 2.24) is 0 Å². The van der Waals surface area contributed by atoms with E-state index in [1.807, 2.05) is 23.1 Å². The van der Waals surface area contributed by atoms with Crippen LogP contribution in [0.25, 0.3) is 0 Å². The largest absolute Gasteiger partial charge is 0.735 e. The minimum atomic E-state index is -4.47. The Balaban J connectivity index is 1.52. The first-order valence-corrected chi connectivity index (χ1v) is 13.3. The molecule has 0 radical (unpaired) electrons. The van der Waals surface area contributed by atoms with Crippen LogP contribution in [0, 0.1) is 11.8 Å². The molecule has 1 saturated carbocycles. The number of rotatable bonds is 2. The second-order valence-corrected chi connectivity index (χ2v) is 13.0. The highest BCUT2D eigenvalue weighted by Crippen LogP contribution is 2.69. The molecule has 4 fully saturated rings. The summed E-state index contributed by atoms with van der Waals surface area (Å²) in [5.74, 6) is 0.599. The fourth-order valence-electron chi connectivity index (χ4n) is 8.06. The van der Waals surface area contributed by atoms with E-state index in [9.17, 15) is 17.8 Å². The van der Waals surface area contributed by atoms with Crippen molar-refractivity contribution in [3.05, 3.63) is 41.5 Å². The molecule has 0 aromatic heterocycles. The Labute approximate surface area is 178 Å². The summed E-state index contributed by atoms with van der Waals surface area (Å²) in [7, 11) is -3.88. The fraction of sp³-hybridized carbons (Fsp3) is 0.571. The minimum Gasteiger partial charge on any atom is -0.735 e. The number of fused-ring (bicyclic) bond motifs is 2. The van der Waals surface area contributed by atoms with Gasteiger partial charge in [0.25, 0.3) is 0 Å². The summed E-state index contributed by atoms with van der Waals surface area (Å²) >= 11 is 0. The molecule has 3 saturated heterocycles. The Morgan fingerprint density at radius 2 is 2.13 bits per heavy atom. The van der Waals surface area contributed by atoms with Crippen molar-refractivity contribution >= 4 is 31.7 Å². The summed E-state index contributed by atoms with van der Waals surface area (Å²) in [5, 5.41) is 0. The van der Waals surface area contributed by atoms with E-state index in [0.29, 0.717) is 37.1 Å². The van der Waals surface area contributed by atoms with Gasteiger partial charge in [0.15, 0.2) is 11.0 Å². The first kappa shape index (κ1) is 18.2. The van der Waals surface area contributed by atoms with Crippen LogP contribution in [0.5, 0.6) is 0 Å². The molecule has 1 spiro atoms. The highest BCUT2D eigenvalue weighted by atomic mass is 33.2. The van der Waals surface area contributed by atoms with Gasteiger partial charge in [0.2, 0.25) is 15.1 Å². The first-order valence-electron chi connectivity index (χ1n) is 10.6. The van der Waals surface area contributed by atoms with Crippen molar-refractivity contribution in [2.24, 2.45) is 11.8 Å². The van der Waals surface area contributed by atoms with Crippen LogP contribution in [-0.4, -0.2) is 60.7 Å². The van der Waals surface area contributed by atoms with Crippen molar-refractivity contribution in [1.29, 1.82) is 0 Å². The number of hydrogen-bond acceptors (Lipinski definition) is 6. The lowest BCUT2D eigenvalue weighted by molar-refractivity contribution is -0.812. The molecule has 2 bridgehead atoms. The number of ether oxygens (including phenoxy) is 1. The van der Waals surface area contributed by atoms with E-state index < -0.39 is 9.15 Å². The molecule has 7 rings (SSSR count). The number of quaternary nitrogens is 1. The summed E-state index contributed by atoms with van der Waals surface area (Å²) in [6, 6.07) is 8.12. The Bertz CT molecular complexity index is 1140. The van der Waals surface area contributed by atoms with Gasteiger partial charge >= 0.3 is 0 Å².